The van der Waals surface area contributed by atoms with Crippen LogP contribution in [-0.4, -0.2) is 33.3 Å². The molecule has 6 nitrogen and oxygen atoms in total. The van der Waals surface area contributed by atoms with Gasteiger partial charge in [0, 0.05) is 24.7 Å². The monoisotopic (exact) mass is 304 g/mol. The Morgan fingerprint density at radius 3 is 2.84 bits per heavy atom. The number of aromatic nitrogens is 4. The summed E-state index contributed by atoms with van der Waals surface area (Å²) in [5.74, 6) is 2.31. The van der Waals surface area contributed by atoms with E-state index in [-0.39, 0.29) is 24.8 Å². The Labute approximate surface area is 124 Å². The van der Waals surface area contributed by atoms with E-state index in [0.717, 1.165) is 23.8 Å². The number of anilines is 1. The molecule has 2 heterocycles. The molecule has 2 rings (SSSR count). The SMILES string of the molecule is CCNc1cc(-c2n[nH]c(CCN)n2)ccn1.Cl.Cl. The summed E-state index contributed by atoms with van der Waals surface area (Å²) in [6, 6.07) is 3.81. The van der Waals surface area contributed by atoms with E-state index in [1.165, 1.54) is 0 Å². The first kappa shape index (κ1) is 17.6. The zero-order chi connectivity index (χ0) is 12.1. The normalized spacial score (nSPS) is 9.37. The second kappa shape index (κ2) is 8.68. The van der Waals surface area contributed by atoms with E-state index >= 15 is 0 Å². The molecule has 0 fully saturated rings. The van der Waals surface area contributed by atoms with E-state index in [1.807, 2.05) is 19.1 Å². The molecule has 0 bridgehead atoms. The van der Waals surface area contributed by atoms with Crippen molar-refractivity contribution in [2.45, 2.75) is 13.3 Å². The summed E-state index contributed by atoms with van der Waals surface area (Å²) in [5.41, 5.74) is 6.40. The number of pyridine rings is 1. The van der Waals surface area contributed by atoms with Gasteiger partial charge in [0.05, 0.1) is 0 Å². The zero-order valence-corrected chi connectivity index (χ0v) is 12.2. The van der Waals surface area contributed by atoms with Gasteiger partial charge in [0.15, 0.2) is 5.82 Å². The molecule has 2 aromatic heterocycles. The molecule has 106 valence electrons. The van der Waals surface area contributed by atoms with Gasteiger partial charge in [-0.25, -0.2) is 9.97 Å². The van der Waals surface area contributed by atoms with Gasteiger partial charge in [-0.1, -0.05) is 0 Å². The molecule has 0 radical (unpaired) electrons. The Hall–Kier alpha value is -1.37. The number of hydrogen-bond donors (Lipinski definition) is 3. The molecule has 0 atom stereocenters. The molecule has 19 heavy (non-hydrogen) atoms. The second-order valence-corrected chi connectivity index (χ2v) is 3.60. The lowest BCUT2D eigenvalue weighted by molar-refractivity contribution is 0.874. The Balaban J connectivity index is 0.00000162. The van der Waals surface area contributed by atoms with E-state index in [0.29, 0.717) is 18.8 Å². The molecule has 0 unspecified atom stereocenters. The zero-order valence-electron chi connectivity index (χ0n) is 10.6. The Morgan fingerprint density at radius 1 is 1.37 bits per heavy atom. The fourth-order valence-electron chi connectivity index (χ4n) is 1.52. The summed E-state index contributed by atoms with van der Waals surface area (Å²) in [7, 11) is 0. The topological polar surface area (TPSA) is 92.5 Å². The van der Waals surface area contributed by atoms with Gasteiger partial charge in [0.1, 0.15) is 11.6 Å². The third-order valence-corrected chi connectivity index (χ3v) is 2.29. The third-order valence-electron chi connectivity index (χ3n) is 2.29. The largest absolute Gasteiger partial charge is 0.370 e. The maximum absolute atomic E-state index is 5.46. The summed E-state index contributed by atoms with van der Waals surface area (Å²) in [6.45, 7) is 3.43. The van der Waals surface area contributed by atoms with E-state index < -0.39 is 0 Å². The minimum atomic E-state index is 0. The Kier molecular flexibility index (Phi) is 8.06. The predicted molar refractivity (Wildman–Crippen MR) is 81.0 cm³/mol. The Bertz CT molecular complexity index is 488. The van der Waals surface area contributed by atoms with Gasteiger partial charge in [-0.15, -0.1) is 24.8 Å². The van der Waals surface area contributed by atoms with Gasteiger partial charge in [-0.05, 0) is 25.6 Å². The van der Waals surface area contributed by atoms with Crippen LogP contribution in [0.2, 0.25) is 0 Å². The number of halogens is 2. The van der Waals surface area contributed by atoms with Crippen LogP contribution >= 0.6 is 24.8 Å². The molecule has 8 heteroatoms. The fraction of sp³-hybridized carbons (Fsp3) is 0.364. The summed E-state index contributed by atoms with van der Waals surface area (Å²) in [6.07, 6.45) is 2.45. The molecule has 0 aliphatic carbocycles. The van der Waals surface area contributed by atoms with E-state index in [2.05, 4.69) is 25.5 Å². The number of nitrogens with zero attached hydrogens (tertiary/aromatic N) is 3. The van der Waals surface area contributed by atoms with Crippen molar-refractivity contribution in [3.05, 3.63) is 24.2 Å². The molecule has 2 aromatic rings. The fourth-order valence-corrected chi connectivity index (χ4v) is 1.52. The predicted octanol–water partition coefficient (Wildman–Crippen LogP) is 1.64. The van der Waals surface area contributed by atoms with Gasteiger partial charge in [-0.3, -0.25) is 5.10 Å². The van der Waals surface area contributed by atoms with Crippen molar-refractivity contribution in [1.29, 1.82) is 0 Å². The van der Waals surface area contributed by atoms with E-state index in [4.69, 9.17) is 5.73 Å². The molecular formula is C11H18Cl2N6. The van der Waals surface area contributed by atoms with Gasteiger partial charge < -0.3 is 11.1 Å². The maximum atomic E-state index is 5.46. The minimum absolute atomic E-state index is 0. The first-order valence-electron chi connectivity index (χ1n) is 5.65. The molecule has 0 saturated heterocycles. The average molecular weight is 305 g/mol. The summed E-state index contributed by atoms with van der Waals surface area (Å²) in [4.78, 5) is 8.57. The highest BCUT2D eigenvalue weighted by molar-refractivity contribution is 5.85. The van der Waals surface area contributed by atoms with Crippen molar-refractivity contribution >= 4 is 30.6 Å². The van der Waals surface area contributed by atoms with Crippen LogP contribution in [0.1, 0.15) is 12.7 Å². The number of nitrogens with one attached hydrogen (secondary N) is 2. The molecule has 0 aromatic carbocycles. The van der Waals surface area contributed by atoms with Crippen LogP contribution in [0.5, 0.6) is 0 Å². The van der Waals surface area contributed by atoms with Crippen LogP contribution in [-0.2, 0) is 6.42 Å². The number of aromatic amines is 1. The van der Waals surface area contributed by atoms with Crippen LogP contribution in [0.4, 0.5) is 5.82 Å². The summed E-state index contributed by atoms with van der Waals surface area (Å²) < 4.78 is 0. The molecular weight excluding hydrogens is 287 g/mol. The van der Waals surface area contributed by atoms with Gasteiger partial charge in [-0.2, -0.15) is 5.10 Å². The second-order valence-electron chi connectivity index (χ2n) is 3.60. The lowest BCUT2D eigenvalue weighted by Crippen LogP contribution is -2.03. The van der Waals surface area contributed by atoms with Crippen molar-refractivity contribution in [1.82, 2.24) is 20.2 Å². The highest BCUT2D eigenvalue weighted by Crippen LogP contribution is 2.17. The lowest BCUT2D eigenvalue weighted by Gasteiger charge is -2.02. The van der Waals surface area contributed by atoms with Gasteiger partial charge in [0.25, 0.3) is 0 Å². The van der Waals surface area contributed by atoms with Gasteiger partial charge >= 0.3 is 0 Å². The van der Waals surface area contributed by atoms with Crippen molar-refractivity contribution in [3.63, 3.8) is 0 Å². The molecule has 0 aliphatic rings. The van der Waals surface area contributed by atoms with Crippen LogP contribution in [0.25, 0.3) is 11.4 Å². The highest BCUT2D eigenvalue weighted by atomic mass is 35.5. The first-order valence-corrected chi connectivity index (χ1v) is 5.65. The number of rotatable bonds is 5. The number of H-pyrrole nitrogens is 1. The molecule has 4 N–H and O–H groups in total. The lowest BCUT2D eigenvalue weighted by atomic mass is 10.2. The van der Waals surface area contributed by atoms with Crippen molar-refractivity contribution < 1.29 is 0 Å². The molecule has 0 spiro atoms. The quantitative estimate of drug-likeness (QED) is 0.781. The smallest absolute Gasteiger partial charge is 0.181 e. The highest BCUT2D eigenvalue weighted by Gasteiger charge is 2.06. The molecule has 0 aliphatic heterocycles. The van der Waals surface area contributed by atoms with Crippen molar-refractivity contribution in [3.8, 4) is 11.4 Å². The molecule has 0 saturated carbocycles. The van der Waals surface area contributed by atoms with Crippen LogP contribution in [0, 0.1) is 0 Å². The standard InChI is InChI=1S/C11H16N6.2ClH/c1-2-13-10-7-8(4-6-14-10)11-15-9(3-5-12)16-17-11;;/h4,6-7H,2-3,5,12H2,1H3,(H,13,14)(H,15,16,17);2*1H. The summed E-state index contributed by atoms with van der Waals surface area (Å²) in [5, 5.41) is 10.2. The summed E-state index contributed by atoms with van der Waals surface area (Å²) >= 11 is 0. The van der Waals surface area contributed by atoms with Crippen LogP contribution in [0.3, 0.4) is 0 Å². The number of nitrogens with two attached hydrogens (primary N) is 1. The maximum Gasteiger partial charge on any atom is 0.181 e. The van der Waals surface area contributed by atoms with E-state index in [9.17, 15) is 0 Å². The van der Waals surface area contributed by atoms with Crippen molar-refractivity contribution in [2.24, 2.45) is 5.73 Å². The van der Waals surface area contributed by atoms with E-state index in [1.54, 1.807) is 6.20 Å². The first-order chi connectivity index (χ1) is 8.33. The third kappa shape index (κ3) is 4.66. The molecule has 0 amide bonds. The van der Waals surface area contributed by atoms with Crippen LogP contribution < -0.4 is 11.1 Å². The van der Waals surface area contributed by atoms with Gasteiger partial charge in [0.2, 0.25) is 0 Å². The number of hydrogen-bond acceptors (Lipinski definition) is 5. The average Bonchev–Trinajstić information content (AvgIpc) is 2.79. The Morgan fingerprint density at radius 2 is 2.16 bits per heavy atom. The minimum Gasteiger partial charge on any atom is -0.370 e. The van der Waals surface area contributed by atoms with Crippen molar-refractivity contribution in [2.75, 3.05) is 18.4 Å². The van der Waals surface area contributed by atoms with Crippen LogP contribution in [0.15, 0.2) is 18.3 Å².